The molecule has 2 aromatic rings. The smallest absolute Gasteiger partial charge is 0.0548 e. The molecule has 1 atom stereocenters. The monoisotopic (exact) mass is 283 g/mol. The molecule has 2 heteroatoms. The van der Waals surface area contributed by atoms with Gasteiger partial charge in [0.1, 0.15) is 0 Å². The zero-order chi connectivity index (χ0) is 14.4. The first kappa shape index (κ1) is 14.7. The molecule has 0 aliphatic heterocycles. The van der Waals surface area contributed by atoms with E-state index in [9.17, 15) is 0 Å². The molecule has 0 aliphatic carbocycles. The summed E-state index contributed by atoms with van der Waals surface area (Å²) in [6.07, 6.45) is 4.98. The molecule has 1 nitrogen and oxygen atoms in total. The highest BCUT2D eigenvalue weighted by atomic mass is 32.2. The van der Waals surface area contributed by atoms with Crippen LogP contribution in [0.5, 0.6) is 0 Å². The van der Waals surface area contributed by atoms with Crippen LogP contribution in [-0.4, -0.2) is 6.26 Å². The molecule has 1 unspecified atom stereocenters. The average molecular weight is 283 g/mol. The number of anilines is 1. The Hall–Kier alpha value is -1.67. The molecule has 1 N–H and O–H groups in total. The second-order valence-corrected chi connectivity index (χ2v) is 5.74. The summed E-state index contributed by atoms with van der Waals surface area (Å²) in [5, 5.41) is 3.60. The van der Waals surface area contributed by atoms with Gasteiger partial charge in [0.15, 0.2) is 0 Å². The van der Waals surface area contributed by atoms with Crippen LogP contribution in [0.3, 0.4) is 0 Å². The molecule has 0 bridgehead atoms. The van der Waals surface area contributed by atoms with E-state index >= 15 is 0 Å². The maximum atomic E-state index is 3.87. The molecule has 0 fully saturated rings. The van der Waals surface area contributed by atoms with E-state index in [1.54, 1.807) is 11.8 Å². The van der Waals surface area contributed by atoms with Crippen molar-refractivity contribution in [3.05, 3.63) is 72.3 Å². The predicted molar refractivity (Wildman–Crippen MR) is 90.6 cm³/mol. The second kappa shape index (κ2) is 7.20. The summed E-state index contributed by atoms with van der Waals surface area (Å²) >= 11 is 1.77. The van der Waals surface area contributed by atoms with E-state index in [2.05, 4.69) is 73.6 Å². The third kappa shape index (κ3) is 3.91. The molecule has 0 radical (unpaired) electrons. The number of aryl methyl sites for hydroxylation is 1. The highest BCUT2D eigenvalue weighted by Gasteiger charge is 2.09. The Morgan fingerprint density at radius 2 is 1.95 bits per heavy atom. The zero-order valence-corrected chi connectivity index (χ0v) is 12.9. The largest absolute Gasteiger partial charge is 0.378 e. The van der Waals surface area contributed by atoms with Crippen LogP contribution in [0.2, 0.25) is 0 Å². The minimum absolute atomic E-state index is 0.269. The minimum Gasteiger partial charge on any atom is -0.378 e. The Morgan fingerprint density at radius 1 is 1.20 bits per heavy atom. The van der Waals surface area contributed by atoms with Crippen LogP contribution in [0, 0.1) is 6.92 Å². The molecule has 0 aliphatic rings. The minimum atomic E-state index is 0.269. The molecule has 20 heavy (non-hydrogen) atoms. The van der Waals surface area contributed by atoms with E-state index < -0.39 is 0 Å². The fourth-order valence-corrected chi connectivity index (χ4v) is 2.63. The van der Waals surface area contributed by atoms with Gasteiger partial charge in [0, 0.05) is 10.6 Å². The topological polar surface area (TPSA) is 12.0 Å². The highest BCUT2D eigenvalue weighted by molar-refractivity contribution is 7.98. The molecule has 0 aromatic heterocycles. The SMILES string of the molecule is C=CCC(Nc1cccc(C)c1)c1ccc(SC)cc1. The Balaban J connectivity index is 2.19. The van der Waals surface area contributed by atoms with Crippen molar-refractivity contribution in [1.29, 1.82) is 0 Å². The van der Waals surface area contributed by atoms with Crippen molar-refractivity contribution in [2.24, 2.45) is 0 Å². The number of benzene rings is 2. The van der Waals surface area contributed by atoms with Gasteiger partial charge in [-0.3, -0.25) is 0 Å². The lowest BCUT2D eigenvalue weighted by molar-refractivity contribution is 0.797. The normalized spacial score (nSPS) is 11.9. The first-order chi connectivity index (χ1) is 9.72. The van der Waals surface area contributed by atoms with Gasteiger partial charge in [-0.25, -0.2) is 0 Å². The van der Waals surface area contributed by atoms with Gasteiger partial charge >= 0.3 is 0 Å². The molecule has 0 spiro atoms. The predicted octanol–water partition coefficient (Wildman–Crippen LogP) is 5.45. The van der Waals surface area contributed by atoms with Crippen molar-refractivity contribution in [2.45, 2.75) is 24.3 Å². The van der Waals surface area contributed by atoms with Gasteiger partial charge in [-0.05, 0) is 55.0 Å². The maximum absolute atomic E-state index is 3.87. The van der Waals surface area contributed by atoms with Crippen molar-refractivity contribution in [1.82, 2.24) is 0 Å². The molecule has 0 saturated carbocycles. The van der Waals surface area contributed by atoms with Crippen molar-refractivity contribution in [2.75, 3.05) is 11.6 Å². The number of hydrogen-bond donors (Lipinski definition) is 1. The van der Waals surface area contributed by atoms with E-state index in [0.717, 1.165) is 12.1 Å². The molecule has 0 amide bonds. The molecular formula is C18H21NS. The zero-order valence-electron chi connectivity index (χ0n) is 12.1. The van der Waals surface area contributed by atoms with Crippen LogP contribution in [0.1, 0.15) is 23.6 Å². The van der Waals surface area contributed by atoms with Gasteiger partial charge in [-0.1, -0.05) is 30.3 Å². The lowest BCUT2D eigenvalue weighted by Gasteiger charge is -2.19. The van der Waals surface area contributed by atoms with E-state index in [-0.39, 0.29) is 6.04 Å². The van der Waals surface area contributed by atoms with Crippen LogP contribution >= 0.6 is 11.8 Å². The summed E-state index contributed by atoms with van der Waals surface area (Å²) in [7, 11) is 0. The summed E-state index contributed by atoms with van der Waals surface area (Å²) in [5.41, 5.74) is 3.72. The van der Waals surface area contributed by atoms with Crippen molar-refractivity contribution in [3.63, 3.8) is 0 Å². The van der Waals surface area contributed by atoms with Crippen LogP contribution in [0.4, 0.5) is 5.69 Å². The number of rotatable bonds is 6. The lowest BCUT2D eigenvalue weighted by Crippen LogP contribution is -2.10. The summed E-state index contributed by atoms with van der Waals surface area (Å²) < 4.78 is 0. The van der Waals surface area contributed by atoms with E-state index in [1.807, 2.05) is 6.08 Å². The molecule has 2 aromatic carbocycles. The average Bonchev–Trinajstić information content (AvgIpc) is 2.47. The van der Waals surface area contributed by atoms with Crippen LogP contribution in [0.25, 0.3) is 0 Å². The van der Waals surface area contributed by atoms with Crippen molar-refractivity contribution >= 4 is 17.4 Å². The Morgan fingerprint density at radius 3 is 2.55 bits per heavy atom. The first-order valence-electron chi connectivity index (χ1n) is 6.81. The van der Waals surface area contributed by atoms with Crippen LogP contribution in [0.15, 0.2) is 66.1 Å². The first-order valence-corrected chi connectivity index (χ1v) is 8.03. The molecule has 2 rings (SSSR count). The number of hydrogen-bond acceptors (Lipinski definition) is 2. The molecule has 104 valence electrons. The lowest BCUT2D eigenvalue weighted by atomic mass is 10.0. The van der Waals surface area contributed by atoms with E-state index in [1.165, 1.54) is 16.0 Å². The Kier molecular flexibility index (Phi) is 5.31. The summed E-state index contributed by atoms with van der Waals surface area (Å²) in [6.45, 7) is 5.99. The highest BCUT2D eigenvalue weighted by Crippen LogP contribution is 2.25. The van der Waals surface area contributed by atoms with Crippen LogP contribution in [-0.2, 0) is 0 Å². The van der Waals surface area contributed by atoms with Gasteiger partial charge in [0.25, 0.3) is 0 Å². The summed E-state index contributed by atoms with van der Waals surface area (Å²) in [5.74, 6) is 0. The summed E-state index contributed by atoms with van der Waals surface area (Å²) in [6, 6.07) is 17.5. The van der Waals surface area contributed by atoms with E-state index in [4.69, 9.17) is 0 Å². The Bertz CT molecular complexity index is 560. The standard InChI is InChI=1S/C18H21NS/c1-4-6-18(15-9-11-17(20-3)12-10-15)19-16-8-5-7-14(2)13-16/h4-5,7-13,18-19H,1,6H2,2-3H3. The molecule has 0 saturated heterocycles. The fraction of sp³-hybridized carbons (Fsp3) is 0.222. The van der Waals surface area contributed by atoms with Gasteiger partial charge in [0.2, 0.25) is 0 Å². The van der Waals surface area contributed by atoms with Gasteiger partial charge in [-0.2, -0.15) is 0 Å². The third-order valence-electron chi connectivity index (χ3n) is 3.28. The maximum Gasteiger partial charge on any atom is 0.0548 e. The molecular weight excluding hydrogens is 262 g/mol. The Labute approximate surface area is 126 Å². The number of nitrogens with one attached hydrogen (secondary N) is 1. The van der Waals surface area contributed by atoms with Crippen molar-refractivity contribution in [3.8, 4) is 0 Å². The van der Waals surface area contributed by atoms with E-state index in [0.29, 0.717) is 0 Å². The van der Waals surface area contributed by atoms with Gasteiger partial charge in [0.05, 0.1) is 6.04 Å². The van der Waals surface area contributed by atoms with Crippen molar-refractivity contribution < 1.29 is 0 Å². The van der Waals surface area contributed by atoms with Gasteiger partial charge < -0.3 is 5.32 Å². The fourth-order valence-electron chi connectivity index (χ4n) is 2.22. The van der Waals surface area contributed by atoms with Gasteiger partial charge in [-0.15, -0.1) is 18.3 Å². The third-order valence-corrected chi connectivity index (χ3v) is 4.02. The second-order valence-electron chi connectivity index (χ2n) is 4.86. The summed E-state index contributed by atoms with van der Waals surface area (Å²) in [4.78, 5) is 1.29. The quantitative estimate of drug-likeness (QED) is 0.559. The number of thioether (sulfide) groups is 1. The van der Waals surface area contributed by atoms with Crippen LogP contribution < -0.4 is 5.32 Å². The molecule has 0 heterocycles.